The molecule has 0 rings (SSSR count). The van der Waals surface area contributed by atoms with Crippen LogP contribution in [0.4, 0.5) is 0 Å². The van der Waals surface area contributed by atoms with E-state index in [1.807, 2.05) is 7.05 Å². The zero-order chi connectivity index (χ0) is 8.20. The first-order valence-electron chi connectivity index (χ1n) is 3.69. The highest BCUT2D eigenvalue weighted by atomic mass is 35.6. The number of hydrogen-bond acceptors (Lipinski definition) is 2. The SMILES string of the molecule is CCN[Si](Cl)(NC)C(C)C. The normalized spacial score (nSPS) is 17.4. The highest BCUT2D eigenvalue weighted by Crippen LogP contribution is 2.17. The van der Waals surface area contributed by atoms with Crippen LogP contribution in [0, 0.1) is 0 Å². The molecule has 1 atom stereocenters. The zero-order valence-corrected chi connectivity index (χ0v) is 8.92. The molecule has 0 bridgehead atoms. The summed E-state index contributed by atoms with van der Waals surface area (Å²) in [7, 11) is 0.0900. The lowest BCUT2D eigenvalue weighted by atomic mass is 10.6. The van der Waals surface area contributed by atoms with Gasteiger partial charge in [0.2, 0.25) is 0 Å². The first kappa shape index (κ1) is 10.4. The van der Waals surface area contributed by atoms with Gasteiger partial charge in [-0.1, -0.05) is 20.8 Å². The molecule has 0 aliphatic carbocycles. The average Bonchev–Trinajstić information content (AvgIpc) is 1.88. The van der Waals surface area contributed by atoms with Crippen molar-refractivity contribution in [3.8, 4) is 0 Å². The van der Waals surface area contributed by atoms with Gasteiger partial charge in [-0.15, -0.1) is 11.1 Å². The lowest BCUT2D eigenvalue weighted by Gasteiger charge is -2.27. The summed E-state index contributed by atoms with van der Waals surface area (Å²) >= 11 is 6.28. The minimum atomic E-state index is -1.83. The fourth-order valence-electron chi connectivity index (χ4n) is 0.838. The van der Waals surface area contributed by atoms with Crippen molar-refractivity contribution in [2.24, 2.45) is 0 Å². The van der Waals surface area contributed by atoms with Crippen molar-refractivity contribution < 1.29 is 0 Å². The van der Waals surface area contributed by atoms with Gasteiger partial charge in [-0.3, -0.25) is 0 Å². The van der Waals surface area contributed by atoms with Crippen molar-refractivity contribution in [3.05, 3.63) is 0 Å². The van der Waals surface area contributed by atoms with Crippen LogP contribution >= 0.6 is 11.1 Å². The summed E-state index contributed by atoms with van der Waals surface area (Å²) in [5.74, 6) is 0. The Balaban J connectivity index is 3.94. The molecule has 62 valence electrons. The largest absolute Gasteiger partial charge is 0.316 e. The topological polar surface area (TPSA) is 24.1 Å². The van der Waals surface area contributed by atoms with Gasteiger partial charge in [0.25, 0.3) is 0 Å². The van der Waals surface area contributed by atoms with Crippen molar-refractivity contribution in [2.75, 3.05) is 13.6 Å². The molecule has 0 saturated carbocycles. The van der Waals surface area contributed by atoms with E-state index in [1.165, 1.54) is 0 Å². The molecular weight excluding hydrogens is 164 g/mol. The minimum absolute atomic E-state index is 0.513. The first-order chi connectivity index (χ1) is 4.56. The highest BCUT2D eigenvalue weighted by Gasteiger charge is 2.32. The van der Waals surface area contributed by atoms with E-state index in [4.69, 9.17) is 11.1 Å². The summed E-state index contributed by atoms with van der Waals surface area (Å²) in [4.78, 5) is 6.47. The smallest absolute Gasteiger partial charge is 0.304 e. The Morgan fingerprint density at radius 3 is 2.10 bits per heavy atom. The van der Waals surface area contributed by atoms with E-state index in [1.54, 1.807) is 0 Å². The molecule has 0 aromatic heterocycles. The molecule has 0 aromatic carbocycles. The van der Waals surface area contributed by atoms with Crippen LogP contribution in [0.15, 0.2) is 0 Å². The van der Waals surface area contributed by atoms with Crippen LogP contribution in [-0.4, -0.2) is 21.3 Å². The maximum Gasteiger partial charge on any atom is 0.304 e. The second-order valence-corrected chi connectivity index (χ2v) is 7.87. The van der Waals surface area contributed by atoms with E-state index < -0.39 is 7.71 Å². The molecule has 2 nitrogen and oxygen atoms in total. The van der Waals surface area contributed by atoms with Crippen LogP contribution in [-0.2, 0) is 0 Å². The summed E-state index contributed by atoms with van der Waals surface area (Å²) in [6, 6.07) is 0. The third-order valence-corrected chi connectivity index (χ3v) is 7.06. The molecule has 0 aliphatic rings. The van der Waals surface area contributed by atoms with Crippen LogP contribution in [0.5, 0.6) is 0 Å². The summed E-state index contributed by atoms with van der Waals surface area (Å²) < 4.78 is 0. The van der Waals surface area contributed by atoms with Gasteiger partial charge in [0.05, 0.1) is 0 Å². The molecule has 0 amide bonds. The summed E-state index contributed by atoms with van der Waals surface area (Å²) in [5, 5.41) is 0. The second kappa shape index (κ2) is 4.33. The summed E-state index contributed by atoms with van der Waals surface area (Å²) in [6.45, 7) is 7.29. The molecule has 0 saturated heterocycles. The van der Waals surface area contributed by atoms with Gasteiger partial charge < -0.3 is 9.96 Å². The van der Waals surface area contributed by atoms with Crippen molar-refractivity contribution in [1.82, 2.24) is 9.96 Å². The fraction of sp³-hybridized carbons (Fsp3) is 1.00. The maximum atomic E-state index is 6.28. The molecule has 0 aromatic rings. The maximum absolute atomic E-state index is 6.28. The van der Waals surface area contributed by atoms with Gasteiger partial charge in [0.15, 0.2) is 0 Å². The molecule has 10 heavy (non-hydrogen) atoms. The number of nitrogens with one attached hydrogen (secondary N) is 2. The van der Waals surface area contributed by atoms with Gasteiger partial charge >= 0.3 is 7.71 Å². The molecule has 0 spiro atoms. The van der Waals surface area contributed by atoms with E-state index in [0.29, 0.717) is 5.54 Å². The van der Waals surface area contributed by atoms with Gasteiger partial charge in [-0.2, -0.15) is 0 Å². The lowest BCUT2D eigenvalue weighted by molar-refractivity contribution is 0.855. The summed E-state index contributed by atoms with van der Waals surface area (Å²) in [6.07, 6.45) is 0. The molecule has 0 heterocycles. The molecule has 0 aliphatic heterocycles. The van der Waals surface area contributed by atoms with Gasteiger partial charge in [-0.25, -0.2) is 0 Å². The number of halogens is 1. The monoisotopic (exact) mass is 180 g/mol. The lowest BCUT2D eigenvalue weighted by Crippen LogP contribution is -2.58. The Hall–Kier alpha value is 0.427. The van der Waals surface area contributed by atoms with Crippen LogP contribution in [0.3, 0.4) is 0 Å². The molecule has 0 radical (unpaired) electrons. The molecular formula is C6H17ClN2Si. The van der Waals surface area contributed by atoms with Crippen LogP contribution in [0.25, 0.3) is 0 Å². The average molecular weight is 181 g/mol. The Labute approximate surface area is 69.2 Å². The number of rotatable bonds is 4. The molecule has 4 heteroatoms. The van der Waals surface area contributed by atoms with Gasteiger partial charge in [-0.05, 0) is 19.1 Å². The quantitative estimate of drug-likeness (QED) is 0.505. The number of hydrogen-bond donors (Lipinski definition) is 2. The third kappa shape index (κ3) is 2.58. The van der Waals surface area contributed by atoms with Crippen LogP contribution in [0.1, 0.15) is 20.8 Å². The van der Waals surface area contributed by atoms with Crippen LogP contribution in [0.2, 0.25) is 5.54 Å². The first-order valence-corrected chi connectivity index (χ1v) is 6.78. The van der Waals surface area contributed by atoms with Crippen LogP contribution < -0.4 is 9.96 Å². The van der Waals surface area contributed by atoms with E-state index in [9.17, 15) is 0 Å². The Bertz CT molecular complexity index is 99.7. The standard InChI is InChI=1S/C6H17ClN2Si/c1-5-9-10(7,8-4)6(2)3/h6,8-9H,5H2,1-4H3. The minimum Gasteiger partial charge on any atom is -0.316 e. The Morgan fingerprint density at radius 1 is 1.50 bits per heavy atom. The third-order valence-electron chi connectivity index (χ3n) is 1.59. The Kier molecular flexibility index (Phi) is 4.52. The van der Waals surface area contributed by atoms with Gasteiger partial charge in [0, 0.05) is 0 Å². The predicted octanol–water partition coefficient (Wildman–Crippen LogP) is 1.40. The van der Waals surface area contributed by atoms with E-state index in [0.717, 1.165) is 6.54 Å². The summed E-state index contributed by atoms with van der Waals surface area (Å²) in [5.41, 5.74) is 0.513. The fourth-order valence-corrected chi connectivity index (χ4v) is 2.92. The van der Waals surface area contributed by atoms with E-state index in [2.05, 4.69) is 30.7 Å². The van der Waals surface area contributed by atoms with Crippen molar-refractivity contribution in [3.63, 3.8) is 0 Å². The highest BCUT2D eigenvalue weighted by molar-refractivity contribution is 7.18. The predicted molar refractivity (Wildman–Crippen MR) is 49.4 cm³/mol. The molecule has 2 N–H and O–H groups in total. The van der Waals surface area contributed by atoms with E-state index in [-0.39, 0.29) is 0 Å². The van der Waals surface area contributed by atoms with Crippen molar-refractivity contribution in [1.29, 1.82) is 0 Å². The zero-order valence-electron chi connectivity index (χ0n) is 7.16. The Morgan fingerprint density at radius 2 is 2.00 bits per heavy atom. The second-order valence-electron chi connectivity index (χ2n) is 2.65. The van der Waals surface area contributed by atoms with Gasteiger partial charge in [0.1, 0.15) is 0 Å². The van der Waals surface area contributed by atoms with E-state index >= 15 is 0 Å². The molecule has 1 unspecified atom stereocenters. The van der Waals surface area contributed by atoms with Crippen molar-refractivity contribution in [2.45, 2.75) is 26.3 Å². The molecule has 0 fully saturated rings. The van der Waals surface area contributed by atoms with Crippen molar-refractivity contribution >= 4 is 18.8 Å².